The van der Waals surface area contributed by atoms with Gasteiger partial charge < -0.3 is 10.0 Å². The molecule has 1 aliphatic heterocycles. The first-order chi connectivity index (χ1) is 8.91. The third-order valence-corrected chi connectivity index (χ3v) is 3.82. The fourth-order valence-electron chi connectivity index (χ4n) is 2.35. The molecule has 1 fully saturated rings. The Labute approximate surface area is 110 Å². The van der Waals surface area contributed by atoms with Gasteiger partial charge in [-0.3, -0.25) is 14.9 Å². The van der Waals surface area contributed by atoms with E-state index in [1.54, 1.807) is 4.90 Å². The molecule has 1 amide bonds. The fourth-order valence-corrected chi connectivity index (χ4v) is 2.35. The van der Waals surface area contributed by atoms with Crippen LogP contribution in [0.1, 0.15) is 30.6 Å². The number of nitrogens with zero attached hydrogens (tertiary/aromatic N) is 2. The zero-order valence-corrected chi connectivity index (χ0v) is 10.9. The van der Waals surface area contributed by atoms with E-state index in [9.17, 15) is 20.0 Å². The molecule has 102 valence electrons. The predicted octanol–water partition coefficient (Wildman–Crippen LogP) is 2.17. The zero-order valence-electron chi connectivity index (χ0n) is 10.9. The van der Waals surface area contributed by atoms with Crippen LogP contribution in [0.15, 0.2) is 18.2 Å². The maximum Gasteiger partial charge on any atom is 0.273 e. The van der Waals surface area contributed by atoms with E-state index in [0.717, 1.165) is 12.5 Å². The van der Waals surface area contributed by atoms with Gasteiger partial charge in [-0.2, -0.15) is 0 Å². The van der Waals surface area contributed by atoms with Gasteiger partial charge in [-0.25, -0.2) is 0 Å². The first kappa shape index (κ1) is 13.3. The standard InChI is InChI=1S/C13H16N2O4/c1-8-5-6-14(9(8)2)13(17)11-4-3-10(15(18)19)7-12(11)16/h3-4,7-9,16H,5-6H2,1-2H3/t8-,9-/m1/s1. The number of aromatic hydroxyl groups is 1. The number of likely N-dealkylation sites (tertiary alicyclic amines) is 1. The first-order valence-corrected chi connectivity index (χ1v) is 6.20. The summed E-state index contributed by atoms with van der Waals surface area (Å²) in [5.74, 6) is -0.195. The monoisotopic (exact) mass is 264 g/mol. The quantitative estimate of drug-likeness (QED) is 0.655. The Hall–Kier alpha value is -2.11. The maximum atomic E-state index is 12.3. The van der Waals surface area contributed by atoms with Crippen LogP contribution in [0.5, 0.6) is 5.75 Å². The lowest BCUT2D eigenvalue weighted by Crippen LogP contribution is -2.35. The van der Waals surface area contributed by atoms with Crippen LogP contribution in [0.25, 0.3) is 0 Å². The lowest BCUT2D eigenvalue weighted by atomic mass is 10.0. The summed E-state index contributed by atoms with van der Waals surface area (Å²) in [7, 11) is 0. The molecule has 19 heavy (non-hydrogen) atoms. The van der Waals surface area contributed by atoms with Crippen LogP contribution in [0.2, 0.25) is 0 Å². The molecule has 1 aliphatic rings. The lowest BCUT2D eigenvalue weighted by molar-refractivity contribution is -0.384. The second-order valence-corrected chi connectivity index (χ2v) is 4.96. The summed E-state index contributed by atoms with van der Waals surface area (Å²) in [6.45, 7) is 4.70. The maximum absolute atomic E-state index is 12.3. The molecule has 1 saturated heterocycles. The number of phenols is 1. The second kappa shape index (κ2) is 4.87. The predicted molar refractivity (Wildman–Crippen MR) is 69.0 cm³/mol. The van der Waals surface area contributed by atoms with Gasteiger partial charge in [0.15, 0.2) is 0 Å². The lowest BCUT2D eigenvalue weighted by Gasteiger charge is -2.23. The van der Waals surface area contributed by atoms with Crippen molar-refractivity contribution in [3.63, 3.8) is 0 Å². The van der Waals surface area contributed by atoms with E-state index in [1.165, 1.54) is 12.1 Å². The van der Waals surface area contributed by atoms with E-state index >= 15 is 0 Å². The molecular weight excluding hydrogens is 248 g/mol. The fraction of sp³-hybridized carbons (Fsp3) is 0.462. The average molecular weight is 264 g/mol. The van der Waals surface area contributed by atoms with Gasteiger partial charge >= 0.3 is 0 Å². The van der Waals surface area contributed by atoms with Crippen LogP contribution in [0.4, 0.5) is 5.69 Å². The van der Waals surface area contributed by atoms with Crippen LogP contribution in [0.3, 0.4) is 0 Å². The van der Waals surface area contributed by atoms with E-state index in [-0.39, 0.29) is 28.9 Å². The molecule has 0 spiro atoms. The van der Waals surface area contributed by atoms with Crippen molar-refractivity contribution in [3.05, 3.63) is 33.9 Å². The average Bonchev–Trinajstić information content (AvgIpc) is 2.69. The van der Waals surface area contributed by atoms with Crippen LogP contribution in [-0.2, 0) is 0 Å². The van der Waals surface area contributed by atoms with Gasteiger partial charge in [0.2, 0.25) is 0 Å². The summed E-state index contributed by atoms with van der Waals surface area (Å²) in [5, 5.41) is 20.4. The number of hydrogen-bond donors (Lipinski definition) is 1. The van der Waals surface area contributed by atoms with Crippen molar-refractivity contribution in [2.24, 2.45) is 5.92 Å². The zero-order chi connectivity index (χ0) is 14.2. The molecule has 1 aromatic carbocycles. The largest absolute Gasteiger partial charge is 0.507 e. The summed E-state index contributed by atoms with van der Waals surface area (Å²) >= 11 is 0. The van der Waals surface area contributed by atoms with Crippen molar-refractivity contribution in [1.82, 2.24) is 4.90 Å². The Balaban J connectivity index is 2.27. The number of carbonyl (C=O) groups excluding carboxylic acids is 1. The Morgan fingerprint density at radius 1 is 1.47 bits per heavy atom. The summed E-state index contributed by atoms with van der Waals surface area (Å²) in [4.78, 5) is 24.0. The molecule has 1 N–H and O–H groups in total. The number of nitro groups is 1. The van der Waals surface area contributed by atoms with Gasteiger partial charge in [-0.15, -0.1) is 0 Å². The van der Waals surface area contributed by atoms with E-state index in [2.05, 4.69) is 6.92 Å². The minimum Gasteiger partial charge on any atom is -0.507 e. The van der Waals surface area contributed by atoms with Gasteiger partial charge in [0, 0.05) is 18.7 Å². The van der Waals surface area contributed by atoms with E-state index < -0.39 is 4.92 Å². The number of carbonyl (C=O) groups is 1. The summed E-state index contributed by atoms with van der Waals surface area (Å²) < 4.78 is 0. The molecule has 2 atom stereocenters. The van der Waals surface area contributed by atoms with Crippen molar-refractivity contribution in [3.8, 4) is 5.75 Å². The normalized spacial score (nSPS) is 22.5. The van der Waals surface area contributed by atoms with Crippen molar-refractivity contribution < 1.29 is 14.8 Å². The minimum absolute atomic E-state index is 0.113. The molecule has 0 saturated carbocycles. The molecule has 0 aliphatic carbocycles. The Morgan fingerprint density at radius 2 is 2.16 bits per heavy atom. The highest BCUT2D eigenvalue weighted by atomic mass is 16.6. The molecular formula is C13H16N2O4. The van der Waals surface area contributed by atoms with Crippen LogP contribution < -0.4 is 0 Å². The third kappa shape index (κ3) is 2.38. The highest BCUT2D eigenvalue weighted by molar-refractivity contribution is 5.97. The van der Waals surface area contributed by atoms with Crippen LogP contribution >= 0.6 is 0 Å². The highest BCUT2D eigenvalue weighted by Crippen LogP contribution is 2.29. The van der Waals surface area contributed by atoms with Crippen molar-refractivity contribution in [2.45, 2.75) is 26.3 Å². The molecule has 6 heteroatoms. The summed E-state index contributed by atoms with van der Waals surface area (Å²) in [5.41, 5.74) is -0.108. The van der Waals surface area contributed by atoms with E-state index in [4.69, 9.17) is 0 Å². The van der Waals surface area contributed by atoms with Crippen molar-refractivity contribution >= 4 is 11.6 Å². The molecule has 6 nitrogen and oxygen atoms in total. The molecule has 0 unspecified atom stereocenters. The SMILES string of the molecule is C[C@@H]1CCN(C(=O)c2ccc([N+](=O)[O-])cc2O)[C@@H]1C. The van der Waals surface area contributed by atoms with Crippen LogP contribution in [-0.4, -0.2) is 33.4 Å². The minimum atomic E-state index is -0.603. The number of benzene rings is 1. The first-order valence-electron chi connectivity index (χ1n) is 6.20. The topological polar surface area (TPSA) is 83.7 Å². The molecule has 0 aromatic heterocycles. The number of phenolic OH excluding ortho intramolecular Hbond substituents is 1. The van der Waals surface area contributed by atoms with E-state index in [0.29, 0.717) is 12.5 Å². The van der Waals surface area contributed by atoms with Gasteiger partial charge in [0.25, 0.3) is 11.6 Å². The highest BCUT2D eigenvalue weighted by Gasteiger charge is 2.32. The molecule has 0 radical (unpaired) electrons. The van der Waals surface area contributed by atoms with Gasteiger partial charge in [-0.05, 0) is 25.3 Å². The third-order valence-electron chi connectivity index (χ3n) is 3.82. The Kier molecular flexibility index (Phi) is 3.42. The van der Waals surface area contributed by atoms with Crippen molar-refractivity contribution in [1.29, 1.82) is 0 Å². The summed E-state index contributed by atoms with van der Waals surface area (Å²) in [6.07, 6.45) is 0.931. The summed E-state index contributed by atoms with van der Waals surface area (Å²) in [6, 6.07) is 3.67. The van der Waals surface area contributed by atoms with E-state index in [1.807, 2.05) is 6.92 Å². The number of nitro benzene ring substituents is 1. The van der Waals surface area contributed by atoms with Crippen molar-refractivity contribution in [2.75, 3.05) is 6.54 Å². The number of non-ortho nitro benzene ring substituents is 1. The van der Waals surface area contributed by atoms with Gasteiger partial charge in [0.1, 0.15) is 5.75 Å². The van der Waals surface area contributed by atoms with Gasteiger partial charge in [-0.1, -0.05) is 6.92 Å². The molecule has 2 rings (SSSR count). The molecule has 1 aromatic rings. The smallest absolute Gasteiger partial charge is 0.273 e. The number of hydrogen-bond acceptors (Lipinski definition) is 4. The molecule has 0 bridgehead atoms. The van der Waals surface area contributed by atoms with Gasteiger partial charge in [0.05, 0.1) is 16.6 Å². The Bertz CT molecular complexity index is 529. The Morgan fingerprint density at radius 3 is 2.63 bits per heavy atom. The second-order valence-electron chi connectivity index (χ2n) is 4.96. The molecule has 1 heterocycles. The number of amides is 1. The van der Waals surface area contributed by atoms with Crippen LogP contribution in [0, 0.1) is 16.0 Å². The number of rotatable bonds is 2.